The lowest BCUT2D eigenvalue weighted by molar-refractivity contribution is -0.119. The Hall–Kier alpha value is -2.05. The summed E-state index contributed by atoms with van der Waals surface area (Å²) in [6, 6.07) is 1.68. The molecule has 1 unspecified atom stereocenters. The van der Waals surface area contributed by atoms with Gasteiger partial charge in [-0.1, -0.05) is 0 Å². The predicted octanol–water partition coefficient (Wildman–Crippen LogP) is 1.46. The Labute approximate surface area is 118 Å². The first-order valence-electron chi connectivity index (χ1n) is 6.61. The Morgan fingerprint density at radius 1 is 1.24 bits per heavy atom. The first-order chi connectivity index (χ1) is 9.92. The van der Waals surface area contributed by atoms with E-state index < -0.39 is 28.9 Å². The third-order valence-corrected chi connectivity index (χ3v) is 4.19. The van der Waals surface area contributed by atoms with E-state index in [1.807, 2.05) is 0 Å². The summed E-state index contributed by atoms with van der Waals surface area (Å²) in [7, 11) is 0. The number of benzene rings is 1. The van der Waals surface area contributed by atoms with Crippen LogP contribution in [0.1, 0.15) is 23.2 Å². The van der Waals surface area contributed by atoms with Crippen molar-refractivity contribution in [2.45, 2.75) is 12.8 Å². The van der Waals surface area contributed by atoms with E-state index in [9.17, 15) is 22.8 Å². The number of hydrogen-bond donors (Lipinski definition) is 1. The van der Waals surface area contributed by atoms with E-state index in [1.54, 1.807) is 0 Å². The van der Waals surface area contributed by atoms with Gasteiger partial charge in [0.05, 0.1) is 5.56 Å². The van der Waals surface area contributed by atoms with Crippen LogP contribution in [0.5, 0.6) is 0 Å². The van der Waals surface area contributed by atoms with Gasteiger partial charge in [-0.15, -0.1) is 0 Å². The lowest BCUT2D eigenvalue weighted by Gasteiger charge is -2.22. The minimum atomic E-state index is -1.65. The number of nitrogens with one attached hydrogen (secondary N) is 1. The fourth-order valence-corrected chi connectivity index (χ4v) is 3.01. The molecule has 2 aliphatic heterocycles. The van der Waals surface area contributed by atoms with Gasteiger partial charge in [0.25, 0.3) is 5.91 Å². The fraction of sp³-hybridized carbons (Fsp3) is 0.429. The van der Waals surface area contributed by atoms with Gasteiger partial charge in [-0.2, -0.15) is 0 Å². The molecule has 21 heavy (non-hydrogen) atoms. The molecular formula is C14H13F3N2O2. The van der Waals surface area contributed by atoms with Crippen molar-refractivity contribution in [2.24, 2.45) is 5.41 Å². The zero-order valence-electron chi connectivity index (χ0n) is 11.1. The van der Waals surface area contributed by atoms with Crippen molar-refractivity contribution in [3.63, 3.8) is 0 Å². The Balaban J connectivity index is 1.81. The van der Waals surface area contributed by atoms with Crippen LogP contribution in [0.4, 0.5) is 13.2 Å². The van der Waals surface area contributed by atoms with Gasteiger partial charge in [-0.05, 0) is 18.6 Å². The molecule has 2 heterocycles. The maximum absolute atomic E-state index is 13.7. The van der Waals surface area contributed by atoms with Crippen LogP contribution in [0.2, 0.25) is 0 Å². The highest BCUT2D eigenvalue weighted by molar-refractivity contribution is 5.95. The van der Waals surface area contributed by atoms with Crippen molar-refractivity contribution < 1.29 is 22.8 Å². The van der Waals surface area contributed by atoms with Crippen molar-refractivity contribution in [3.8, 4) is 0 Å². The molecule has 0 saturated carbocycles. The maximum atomic E-state index is 13.7. The van der Waals surface area contributed by atoms with Crippen LogP contribution in [-0.2, 0) is 4.79 Å². The van der Waals surface area contributed by atoms with Crippen LogP contribution < -0.4 is 5.32 Å². The lowest BCUT2D eigenvalue weighted by atomic mass is 9.86. The van der Waals surface area contributed by atoms with E-state index >= 15 is 0 Å². The molecule has 0 bridgehead atoms. The third-order valence-electron chi connectivity index (χ3n) is 4.19. The molecule has 1 aromatic carbocycles. The molecule has 0 radical (unpaired) electrons. The van der Waals surface area contributed by atoms with E-state index in [-0.39, 0.29) is 11.3 Å². The van der Waals surface area contributed by atoms with E-state index in [4.69, 9.17) is 0 Å². The average Bonchev–Trinajstić information content (AvgIpc) is 3.03. The molecule has 0 aromatic heterocycles. The standard InChI is InChI=1S/C14H13F3N2O2/c15-9-2-1-8(11(16)12(9)17)13(21)19-4-3-14(7-19)5-10(20)18-6-14/h1-2H,3-7H2,(H,18,20). The zero-order valence-corrected chi connectivity index (χ0v) is 11.1. The maximum Gasteiger partial charge on any atom is 0.256 e. The monoisotopic (exact) mass is 298 g/mol. The molecule has 0 aliphatic carbocycles. The Morgan fingerprint density at radius 3 is 2.67 bits per heavy atom. The summed E-state index contributed by atoms with van der Waals surface area (Å²) in [5.41, 5.74) is -0.801. The van der Waals surface area contributed by atoms with Crippen LogP contribution in [-0.4, -0.2) is 36.3 Å². The Morgan fingerprint density at radius 2 is 2.00 bits per heavy atom. The second-order valence-corrected chi connectivity index (χ2v) is 5.65. The van der Waals surface area contributed by atoms with Gasteiger partial charge in [0.1, 0.15) is 0 Å². The number of nitrogens with zero attached hydrogens (tertiary/aromatic N) is 1. The fourth-order valence-electron chi connectivity index (χ4n) is 3.01. The second kappa shape index (κ2) is 4.75. The van der Waals surface area contributed by atoms with E-state index in [0.717, 1.165) is 12.1 Å². The van der Waals surface area contributed by atoms with Gasteiger partial charge in [-0.3, -0.25) is 9.59 Å². The Kier molecular flexibility index (Phi) is 3.15. The highest BCUT2D eigenvalue weighted by atomic mass is 19.2. The summed E-state index contributed by atoms with van der Waals surface area (Å²) in [6.45, 7) is 1.16. The van der Waals surface area contributed by atoms with E-state index in [2.05, 4.69) is 5.32 Å². The Bertz CT molecular complexity index is 635. The van der Waals surface area contributed by atoms with Gasteiger partial charge in [0, 0.05) is 31.5 Å². The van der Waals surface area contributed by atoms with Gasteiger partial charge < -0.3 is 10.2 Å². The molecule has 1 N–H and O–H groups in total. The SMILES string of the molecule is O=C1CC2(CCN(C(=O)c3ccc(F)c(F)c3F)C2)CN1. The molecule has 4 nitrogen and oxygen atoms in total. The van der Waals surface area contributed by atoms with Crippen LogP contribution in [0.25, 0.3) is 0 Å². The molecule has 1 aromatic rings. The lowest BCUT2D eigenvalue weighted by Crippen LogP contribution is -2.33. The van der Waals surface area contributed by atoms with E-state index in [1.165, 1.54) is 4.90 Å². The average molecular weight is 298 g/mol. The molecule has 3 rings (SSSR count). The van der Waals surface area contributed by atoms with Crippen molar-refractivity contribution in [1.82, 2.24) is 10.2 Å². The summed E-state index contributed by atoms with van der Waals surface area (Å²) >= 11 is 0. The zero-order chi connectivity index (χ0) is 15.2. The number of likely N-dealkylation sites (tertiary alicyclic amines) is 1. The second-order valence-electron chi connectivity index (χ2n) is 5.65. The first kappa shape index (κ1) is 13.9. The number of rotatable bonds is 1. The van der Waals surface area contributed by atoms with Crippen molar-refractivity contribution in [3.05, 3.63) is 35.1 Å². The summed E-state index contributed by atoms with van der Waals surface area (Å²) in [5.74, 6) is -5.19. The number of amides is 2. The largest absolute Gasteiger partial charge is 0.355 e. The predicted molar refractivity (Wildman–Crippen MR) is 66.9 cm³/mol. The highest BCUT2D eigenvalue weighted by Crippen LogP contribution is 2.37. The van der Waals surface area contributed by atoms with Crippen molar-refractivity contribution >= 4 is 11.8 Å². The molecule has 2 amide bonds. The number of carbonyl (C=O) groups is 2. The third kappa shape index (κ3) is 2.26. The van der Waals surface area contributed by atoms with Crippen LogP contribution in [0, 0.1) is 22.9 Å². The topological polar surface area (TPSA) is 49.4 Å². The molecule has 2 saturated heterocycles. The van der Waals surface area contributed by atoms with Crippen molar-refractivity contribution in [1.29, 1.82) is 0 Å². The molecule has 1 spiro atoms. The van der Waals surface area contributed by atoms with Gasteiger partial charge in [-0.25, -0.2) is 13.2 Å². The molecule has 112 valence electrons. The quantitative estimate of drug-likeness (QED) is 0.798. The van der Waals surface area contributed by atoms with Gasteiger partial charge in [0.15, 0.2) is 17.5 Å². The minimum Gasteiger partial charge on any atom is -0.355 e. The molecule has 7 heteroatoms. The minimum absolute atomic E-state index is 0.0664. The first-order valence-corrected chi connectivity index (χ1v) is 6.61. The number of carbonyl (C=O) groups excluding carboxylic acids is 2. The van der Waals surface area contributed by atoms with Crippen LogP contribution in [0.15, 0.2) is 12.1 Å². The van der Waals surface area contributed by atoms with Crippen molar-refractivity contribution in [2.75, 3.05) is 19.6 Å². The van der Waals surface area contributed by atoms with Crippen LogP contribution >= 0.6 is 0 Å². The van der Waals surface area contributed by atoms with Gasteiger partial charge >= 0.3 is 0 Å². The summed E-state index contributed by atoms with van der Waals surface area (Å²) in [6.07, 6.45) is 0.958. The number of hydrogen-bond acceptors (Lipinski definition) is 2. The summed E-state index contributed by atoms with van der Waals surface area (Å²) in [4.78, 5) is 25.0. The van der Waals surface area contributed by atoms with Gasteiger partial charge in [0.2, 0.25) is 5.91 Å². The normalized spacial score (nSPS) is 24.7. The van der Waals surface area contributed by atoms with E-state index in [0.29, 0.717) is 32.5 Å². The highest BCUT2D eigenvalue weighted by Gasteiger charge is 2.45. The number of halogens is 3. The summed E-state index contributed by atoms with van der Waals surface area (Å²) in [5, 5.41) is 2.72. The molecule has 2 fully saturated rings. The molecule has 2 aliphatic rings. The molecule has 1 atom stereocenters. The smallest absolute Gasteiger partial charge is 0.256 e. The van der Waals surface area contributed by atoms with Crippen LogP contribution in [0.3, 0.4) is 0 Å². The molecular weight excluding hydrogens is 285 g/mol. The summed E-state index contributed by atoms with van der Waals surface area (Å²) < 4.78 is 39.8.